The maximum absolute atomic E-state index is 11.1. The van der Waals surface area contributed by atoms with E-state index in [9.17, 15) is 8.42 Å². The molecule has 1 heterocycles. The van der Waals surface area contributed by atoms with Crippen molar-refractivity contribution in [2.75, 3.05) is 24.1 Å². The van der Waals surface area contributed by atoms with Crippen molar-refractivity contribution in [2.45, 2.75) is 25.5 Å². The first-order chi connectivity index (χ1) is 10.4. The average molecular weight is 326 g/mol. The number of nitrogens with two attached hydrogens (primary N) is 1. The number of nitrogens with zero attached hydrogens (tertiary/aromatic N) is 1. The lowest BCUT2D eigenvalue weighted by atomic mass is 10.2. The van der Waals surface area contributed by atoms with Gasteiger partial charge in [0.15, 0.2) is 5.96 Å². The zero-order valence-electron chi connectivity index (χ0n) is 12.6. The molecule has 22 heavy (non-hydrogen) atoms. The topological polar surface area (TPSA) is 106 Å². The highest BCUT2D eigenvalue weighted by Gasteiger charge is 2.14. The summed E-state index contributed by atoms with van der Waals surface area (Å²) in [5.74, 6) is 0.383. The van der Waals surface area contributed by atoms with Crippen LogP contribution in [0.15, 0.2) is 29.3 Å². The van der Waals surface area contributed by atoms with Crippen molar-refractivity contribution >= 4 is 21.7 Å². The Morgan fingerprint density at radius 1 is 1.41 bits per heavy atom. The summed E-state index contributed by atoms with van der Waals surface area (Å²) in [5.41, 5.74) is 7.28. The minimum atomic E-state index is -3.25. The summed E-state index contributed by atoms with van der Waals surface area (Å²) in [5, 5.41) is 3.05. The number of nitrogens with one attached hydrogen (secondary N) is 2. The van der Waals surface area contributed by atoms with E-state index in [1.165, 1.54) is 0 Å². The van der Waals surface area contributed by atoms with Gasteiger partial charge in [-0.2, -0.15) is 0 Å². The monoisotopic (exact) mass is 326 g/mol. The van der Waals surface area contributed by atoms with Gasteiger partial charge in [-0.1, -0.05) is 12.1 Å². The van der Waals surface area contributed by atoms with Gasteiger partial charge in [0.1, 0.15) is 0 Å². The predicted octanol–water partition coefficient (Wildman–Crippen LogP) is 0.641. The molecular weight excluding hydrogens is 304 g/mol. The van der Waals surface area contributed by atoms with Gasteiger partial charge in [0.25, 0.3) is 0 Å². The minimum absolute atomic E-state index is 0.218. The SMILES string of the molecule is CS(=O)(=O)Nc1ccc(CN=C(N)NCC2CCCO2)cc1. The van der Waals surface area contributed by atoms with E-state index >= 15 is 0 Å². The number of hydrogen-bond donors (Lipinski definition) is 3. The molecule has 2 rings (SSSR count). The molecule has 1 saturated heterocycles. The van der Waals surface area contributed by atoms with E-state index in [1.54, 1.807) is 12.1 Å². The first kappa shape index (κ1) is 16.6. The Kier molecular flexibility index (Phi) is 5.62. The molecule has 0 spiro atoms. The van der Waals surface area contributed by atoms with Crippen molar-refractivity contribution in [1.82, 2.24) is 5.32 Å². The molecule has 0 bridgehead atoms. The fraction of sp³-hybridized carbons (Fsp3) is 0.500. The maximum Gasteiger partial charge on any atom is 0.229 e. The number of rotatable bonds is 6. The Labute approximate surface area is 131 Å². The maximum atomic E-state index is 11.1. The third-order valence-corrected chi connectivity index (χ3v) is 3.83. The van der Waals surface area contributed by atoms with Gasteiger partial charge in [-0.3, -0.25) is 4.72 Å². The molecule has 0 amide bonds. The van der Waals surface area contributed by atoms with Gasteiger partial charge in [0.05, 0.1) is 18.9 Å². The molecular formula is C14H22N4O3S. The number of hydrogen-bond acceptors (Lipinski definition) is 4. The van der Waals surface area contributed by atoms with Crippen molar-refractivity contribution in [2.24, 2.45) is 10.7 Å². The molecule has 1 aromatic rings. The summed E-state index contributed by atoms with van der Waals surface area (Å²) in [7, 11) is -3.25. The number of guanidine groups is 1. The highest BCUT2D eigenvalue weighted by molar-refractivity contribution is 7.92. The molecule has 1 unspecified atom stereocenters. The first-order valence-corrected chi connectivity index (χ1v) is 9.03. The second-order valence-corrected chi connectivity index (χ2v) is 7.04. The van der Waals surface area contributed by atoms with Crippen LogP contribution in [0.3, 0.4) is 0 Å². The Morgan fingerprint density at radius 2 is 2.14 bits per heavy atom. The summed E-state index contributed by atoms with van der Waals surface area (Å²) < 4.78 is 30.1. The number of ether oxygens (including phenoxy) is 1. The van der Waals surface area contributed by atoms with Gasteiger partial charge < -0.3 is 15.8 Å². The number of aliphatic imine (C=N–C) groups is 1. The van der Waals surface area contributed by atoms with Crippen LogP contribution < -0.4 is 15.8 Å². The summed E-state index contributed by atoms with van der Waals surface area (Å²) in [4.78, 5) is 4.25. The van der Waals surface area contributed by atoms with E-state index in [2.05, 4.69) is 15.0 Å². The summed E-state index contributed by atoms with van der Waals surface area (Å²) in [6.45, 7) is 1.92. The quantitative estimate of drug-likeness (QED) is 0.525. The van der Waals surface area contributed by atoms with Crippen LogP contribution in [-0.2, 0) is 21.3 Å². The smallest absolute Gasteiger partial charge is 0.229 e. The molecule has 0 radical (unpaired) electrons. The fourth-order valence-electron chi connectivity index (χ4n) is 2.15. The third kappa shape index (κ3) is 5.90. The van der Waals surface area contributed by atoms with Crippen LogP contribution in [0, 0.1) is 0 Å². The zero-order chi connectivity index (χ0) is 16.0. The van der Waals surface area contributed by atoms with E-state index in [1.807, 2.05) is 12.1 Å². The predicted molar refractivity (Wildman–Crippen MR) is 87.2 cm³/mol. The van der Waals surface area contributed by atoms with Gasteiger partial charge in [-0.15, -0.1) is 0 Å². The summed E-state index contributed by atoms with van der Waals surface area (Å²) in [6.07, 6.45) is 3.48. The van der Waals surface area contributed by atoms with Gasteiger partial charge in [-0.05, 0) is 30.5 Å². The van der Waals surface area contributed by atoms with Crippen LogP contribution in [0.2, 0.25) is 0 Å². The molecule has 1 fully saturated rings. The van der Waals surface area contributed by atoms with Crippen LogP contribution in [0.25, 0.3) is 0 Å². The lowest BCUT2D eigenvalue weighted by Gasteiger charge is -2.11. The number of benzene rings is 1. The van der Waals surface area contributed by atoms with E-state index in [0.29, 0.717) is 24.7 Å². The Balaban J connectivity index is 1.80. The Morgan fingerprint density at radius 3 is 2.73 bits per heavy atom. The Hall–Kier alpha value is -1.80. The Bertz CT molecular complexity index is 607. The second-order valence-electron chi connectivity index (χ2n) is 5.29. The normalized spacial score (nSPS) is 19.1. The molecule has 0 aliphatic carbocycles. The van der Waals surface area contributed by atoms with Gasteiger partial charge in [0, 0.05) is 18.8 Å². The molecule has 7 nitrogen and oxygen atoms in total. The highest BCUT2D eigenvalue weighted by Crippen LogP contribution is 2.12. The van der Waals surface area contributed by atoms with Crippen molar-refractivity contribution in [3.8, 4) is 0 Å². The molecule has 1 aromatic carbocycles. The van der Waals surface area contributed by atoms with Crippen LogP contribution >= 0.6 is 0 Å². The molecule has 122 valence electrons. The molecule has 0 aromatic heterocycles. The number of sulfonamides is 1. The van der Waals surface area contributed by atoms with Crippen LogP contribution in [0.5, 0.6) is 0 Å². The van der Waals surface area contributed by atoms with E-state index in [-0.39, 0.29) is 6.10 Å². The van der Waals surface area contributed by atoms with Crippen LogP contribution in [0.1, 0.15) is 18.4 Å². The van der Waals surface area contributed by atoms with E-state index < -0.39 is 10.0 Å². The zero-order valence-corrected chi connectivity index (χ0v) is 13.4. The second kappa shape index (κ2) is 7.46. The van der Waals surface area contributed by atoms with Gasteiger partial charge >= 0.3 is 0 Å². The molecule has 1 aliphatic heterocycles. The molecule has 4 N–H and O–H groups in total. The summed E-state index contributed by atoms with van der Waals surface area (Å²) in [6, 6.07) is 7.01. The molecule has 1 aliphatic rings. The van der Waals surface area contributed by atoms with Crippen molar-refractivity contribution in [3.05, 3.63) is 29.8 Å². The lowest BCUT2D eigenvalue weighted by molar-refractivity contribution is 0.114. The molecule has 0 saturated carbocycles. The molecule has 8 heteroatoms. The van der Waals surface area contributed by atoms with Crippen LogP contribution in [0.4, 0.5) is 5.69 Å². The van der Waals surface area contributed by atoms with Crippen molar-refractivity contribution in [3.63, 3.8) is 0 Å². The van der Waals surface area contributed by atoms with Crippen molar-refractivity contribution in [1.29, 1.82) is 0 Å². The molecule has 1 atom stereocenters. The van der Waals surface area contributed by atoms with E-state index in [0.717, 1.165) is 31.3 Å². The largest absolute Gasteiger partial charge is 0.376 e. The first-order valence-electron chi connectivity index (χ1n) is 7.14. The lowest BCUT2D eigenvalue weighted by Crippen LogP contribution is -2.37. The van der Waals surface area contributed by atoms with Crippen molar-refractivity contribution < 1.29 is 13.2 Å². The number of anilines is 1. The van der Waals surface area contributed by atoms with Crippen LogP contribution in [-0.4, -0.2) is 39.9 Å². The minimum Gasteiger partial charge on any atom is -0.376 e. The third-order valence-electron chi connectivity index (χ3n) is 3.22. The van der Waals surface area contributed by atoms with Gasteiger partial charge in [-0.25, -0.2) is 13.4 Å². The summed E-state index contributed by atoms with van der Waals surface area (Å²) >= 11 is 0. The average Bonchev–Trinajstić information content (AvgIpc) is 2.96. The standard InChI is InChI=1S/C14H22N4O3S/c1-22(19,20)18-12-6-4-11(5-7-12)9-16-14(15)17-10-13-3-2-8-21-13/h4-7,13,18H,2-3,8-10H2,1H3,(H3,15,16,17). The van der Waals surface area contributed by atoms with Gasteiger partial charge in [0.2, 0.25) is 10.0 Å². The van der Waals surface area contributed by atoms with E-state index in [4.69, 9.17) is 10.5 Å². The fourth-order valence-corrected chi connectivity index (χ4v) is 2.71. The highest BCUT2D eigenvalue weighted by atomic mass is 32.2.